The van der Waals surface area contributed by atoms with Gasteiger partial charge in [-0.2, -0.15) is 0 Å². The molecule has 7 rings (SSSR count). The molecule has 0 radical (unpaired) electrons. The predicted molar refractivity (Wildman–Crippen MR) is 150 cm³/mol. The van der Waals surface area contributed by atoms with Gasteiger partial charge < -0.3 is 15.1 Å². The summed E-state index contributed by atoms with van der Waals surface area (Å²) < 4.78 is 0. The molecule has 0 unspecified atom stereocenters. The van der Waals surface area contributed by atoms with Gasteiger partial charge in [-0.1, -0.05) is 60.7 Å². The molecule has 36 heavy (non-hydrogen) atoms. The number of likely N-dealkylation sites (tertiary alicyclic amines) is 1. The molecule has 0 spiro atoms. The van der Waals surface area contributed by atoms with Crippen LogP contribution in [0.1, 0.15) is 61.5 Å². The van der Waals surface area contributed by atoms with Crippen molar-refractivity contribution in [2.75, 3.05) is 59.4 Å². The Morgan fingerprint density at radius 2 is 1.33 bits per heavy atom. The molecule has 0 aromatic heterocycles. The molecule has 194 valence electrons. The van der Waals surface area contributed by atoms with Crippen molar-refractivity contribution < 1.29 is 0 Å². The standard InChI is InChI=1S/C32H46N4/c1-34-19-21-36(22-20-34)32-23-28(26-11-4-2-5-12-26)31(29(24-32)27-13-6-3-7-14-27)30(25-32)33-15-10-18-35-16-8-9-17-35/h2-7,11-14,28-31,33H,8-10,15-25H2,1H3/t28-,29-,30-,31?,32?/m0/s1. The van der Waals surface area contributed by atoms with E-state index in [0.717, 1.165) is 6.54 Å². The number of fused-ring (bicyclic) bond motifs is 3. The zero-order valence-corrected chi connectivity index (χ0v) is 22.3. The summed E-state index contributed by atoms with van der Waals surface area (Å²) in [7, 11) is 2.29. The van der Waals surface area contributed by atoms with E-state index in [9.17, 15) is 0 Å². The van der Waals surface area contributed by atoms with Crippen LogP contribution in [-0.2, 0) is 0 Å². The van der Waals surface area contributed by atoms with Gasteiger partial charge in [0.2, 0.25) is 0 Å². The lowest BCUT2D eigenvalue weighted by molar-refractivity contribution is -0.0697. The van der Waals surface area contributed by atoms with Crippen molar-refractivity contribution in [3.63, 3.8) is 0 Å². The number of nitrogens with one attached hydrogen (secondary N) is 1. The van der Waals surface area contributed by atoms with Gasteiger partial charge in [0.05, 0.1) is 0 Å². The molecule has 2 aliphatic heterocycles. The summed E-state index contributed by atoms with van der Waals surface area (Å²) in [6.07, 6.45) is 8.02. The minimum Gasteiger partial charge on any atom is -0.314 e. The molecule has 4 heteroatoms. The Morgan fingerprint density at radius 3 is 1.92 bits per heavy atom. The van der Waals surface area contributed by atoms with Crippen molar-refractivity contribution >= 4 is 0 Å². The van der Waals surface area contributed by atoms with Crippen molar-refractivity contribution in [2.45, 2.75) is 61.9 Å². The van der Waals surface area contributed by atoms with Crippen LogP contribution in [0.2, 0.25) is 0 Å². The summed E-state index contributed by atoms with van der Waals surface area (Å²) in [6, 6.07) is 23.6. The normalized spacial score (nSPS) is 33.8. The zero-order valence-electron chi connectivity index (χ0n) is 22.3. The Kier molecular flexibility index (Phi) is 7.48. The highest BCUT2D eigenvalue weighted by atomic mass is 15.3. The summed E-state index contributed by atoms with van der Waals surface area (Å²) in [5.74, 6) is 1.90. The van der Waals surface area contributed by atoms with Crippen LogP contribution < -0.4 is 5.32 Å². The fraction of sp³-hybridized carbons (Fsp3) is 0.625. The number of piperazine rings is 1. The number of hydrogen-bond acceptors (Lipinski definition) is 4. The molecule has 3 atom stereocenters. The maximum atomic E-state index is 4.19. The van der Waals surface area contributed by atoms with Gasteiger partial charge >= 0.3 is 0 Å². The van der Waals surface area contributed by atoms with Crippen molar-refractivity contribution in [1.29, 1.82) is 0 Å². The lowest BCUT2D eigenvalue weighted by atomic mass is 9.51. The summed E-state index contributed by atoms with van der Waals surface area (Å²) in [5.41, 5.74) is 3.42. The lowest BCUT2D eigenvalue weighted by Gasteiger charge is -2.63. The van der Waals surface area contributed by atoms with Crippen LogP contribution in [0.25, 0.3) is 0 Å². The van der Waals surface area contributed by atoms with E-state index in [2.05, 4.69) is 87.7 Å². The van der Waals surface area contributed by atoms with Crippen molar-refractivity contribution in [3.8, 4) is 0 Å². The van der Waals surface area contributed by atoms with Crippen molar-refractivity contribution in [1.82, 2.24) is 20.0 Å². The second-order valence-corrected chi connectivity index (χ2v) is 12.2. The second kappa shape index (κ2) is 10.9. The Hall–Kier alpha value is -1.72. The molecule has 3 saturated carbocycles. The van der Waals surface area contributed by atoms with Crippen molar-refractivity contribution in [3.05, 3.63) is 71.8 Å². The summed E-state index contributed by atoms with van der Waals surface area (Å²) >= 11 is 0. The number of hydrogen-bond donors (Lipinski definition) is 1. The molecule has 4 nitrogen and oxygen atoms in total. The van der Waals surface area contributed by atoms with Crippen LogP contribution >= 0.6 is 0 Å². The van der Waals surface area contributed by atoms with Crippen LogP contribution in [0.5, 0.6) is 0 Å². The third-order valence-electron chi connectivity index (χ3n) is 10.1. The maximum absolute atomic E-state index is 4.19. The quantitative estimate of drug-likeness (QED) is 0.541. The summed E-state index contributed by atoms with van der Waals surface area (Å²) in [5, 5.41) is 4.19. The van der Waals surface area contributed by atoms with Crippen molar-refractivity contribution in [2.24, 2.45) is 5.92 Å². The average Bonchev–Trinajstić information content (AvgIpc) is 3.46. The number of rotatable bonds is 8. The van der Waals surface area contributed by atoms with Crippen LogP contribution in [0.4, 0.5) is 0 Å². The lowest BCUT2D eigenvalue weighted by Crippen LogP contribution is -2.67. The summed E-state index contributed by atoms with van der Waals surface area (Å²) in [4.78, 5) is 8.10. The SMILES string of the molecule is CN1CCN(C23C[C@H](NCCCN4CCCC4)C([C@H](c4ccccc4)C2)[C@H](c2ccccc2)C3)CC1. The van der Waals surface area contributed by atoms with E-state index in [1.165, 1.54) is 84.3 Å². The van der Waals surface area contributed by atoms with Crippen LogP contribution in [-0.4, -0.2) is 85.7 Å². The molecular weight excluding hydrogens is 440 g/mol. The van der Waals surface area contributed by atoms with Gasteiger partial charge in [-0.15, -0.1) is 0 Å². The maximum Gasteiger partial charge on any atom is 0.0237 e. The van der Waals surface area contributed by atoms with E-state index >= 15 is 0 Å². The van der Waals surface area contributed by atoms with E-state index in [1.807, 2.05) is 0 Å². The molecule has 5 aliphatic rings. The van der Waals surface area contributed by atoms with E-state index in [-0.39, 0.29) is 0 Å². The fourth-order valence-electron chi connectivity index (χ4n) is 8.28. The molecule has 2 saturated heterocycles. The number of nitrogens with zero attached hydrogens (tertiary/aromatic N) is 3. The van der Waals surface area contributed by atoms with Gasteiger partial charge in [0, 0.05) is 37.8 Å². The molecule has 1 N–H and O–H groups in total. The minimum atomic E-state index is 0.295. The smallest absolute Gasteiger partial charge is 0.0237 e. The highest BCUT2D eigenvalue weighted by Crippen LogP contribution is 2.59. The fourth-order valence-corrected chi connectivity index (χ4v) is 8.28. The molecule has 2 aromatic carbocycles. The monoisotopic (exact) mass is 486 g/mol. The van der Waals surface area contributed by atoms with Gasteiger partial charge in [0.1, 0.15) is 0 Å². The minimum absolute atomic E-state index is 0.295. The van der Waals surface area contributed by atoms with Gasteiger partial charge in [-0.25, -0.2) is 0 Å². The first-order valence-corrected chi connectivity index (χ1v) is 14.7. The van der Waals surface area contributed by atoms with Gasteiger partial charge in [0.15, 0.2) is 0 Å². The molecule has 2 heterocycles. The predicted octanol–water partition coefficient (Wildman–Crippen LogP) is 4.80. The van der Waals surface area contributed by atoms with E-state index < -0.39 is 0 Å². The molecule has 3 aliphatic carbocycles. The first-order valence-electron chi connectivity index (χ1n) is 14.7. The molecule has 2 aromatic rings. The molecule has 2 bridgehead atoms. The Balaban J connectivity index is 1.30. The molecule has 5 fully saturated rings. The molecule has 0 amide bonds. The number of benzene rings is 2. The topological polar surface area (TPSA) is 21.8 Å². The molecular formula is C32H46N4. The van der Waals surface area contributed by atoms with Crippen LogP contribution in [0.15, 0.2) is 60.7 Å². The summed E-state index contributed by atoms with van der Waals surface area (Å²) in [6.45, 7) is 9.86. The van der Waals surface area contributed by atoms with Crippen LogP contribution in [0.3, 0.4) is 0 Å². The third-order valence-corrected chi connectivity index (χ3v) is 10.1. The zero-order chi connectivity index (χ0) is 24.4. The first kappa shape index (κ1) is 24.6. The van der Waals surface area contributed by atoms with E-state index in [1.54, 1.807) is 11.1 Å². The van der Waals surface area contributed by atoms with Gasteiger partial charge in [-0.3, -0.25) is 4.90 Å². The van der Waals surface area contributed by atoms with Crippen LogP contribution in [0, 0.1) is 5.92 Å². The Morgan fingerprint density at radius 1 is 0.750 bits per heavy atom. The highest BCUT2D eigenvalue weighted by molar-refractivity contribution is 5.33. The Bertz CT molecular complexity index is 899. The third kappa shape index (κ3) is 5.03. The van der Waals surface area contributed by atoms with E-state index in [0.29, 0.717) is 29.3 Å². The average molecular weight is 487 g/mol. The second-order valence-electron chi connectivity index (χ2n) is 12.2. The largest absolute Gasteiger partial charge is 0.314 e. The highest BCUT2D eigenvalue weighted by Gasteiger charge is 2.57. The first-order chi connectivity index (χ1) is 17.7. The van der Waals surface area contributed by atoms with Gasteiger partial charge in [-0.05, 0) is 101 Å². The number of likely N-dealkylation sites (N-methyl/N-ethyl adjacent to an activating group) is 1. The van der Waals surface area contributed by atoms with E-state index in [4.69, 9.17) is 0 Å². The Labute approximate surface area is 219 Å². The van der Waals surface area contributed by atoms with Gasteiger partial charge in [0.25, 0.3) is 0 Å².